The second-order valence-corrected chi connectivity index (χ2v) is 3.03. The summed E-state index contributed by atoms with van der Waals surface area (Å²) < 4.78 is 5.12. The Morgan fingerprint density at radius 3 is 2.85 bits per heavy atom. The van der Waals surface area contributed by atoms with Gasteiger partial charge < -0.3 is 9.73 Å². The predicted octanol–water partition coefficient (Wildman–Crippen LogP) is 0.853. The van der Waals surface area contributed by atoms with E-state index in [-0.39, 0.29) is 11.9 Å². The first kappa shape index (κ1) is 8.04. The van der Waals surface area contributed by atoms with E-state index < -0.39 is 0 Å². The van der Waals surface area contributed by atoms with Crippen molar-refractivity contribution >= 4 is 11.7 Å². The van der Waals surface area contributed by atoms with Crippen molar-refractivity contribution in [2.75, 3.05) is 0 Å². The van der Waals surface area contributed by atoms with E-state index in [2.05, 4.69) is 10.3 Å². The third-order valence-corrected chi connectivity index (χ3v) is 2.06. The van der Waals surface area contributed by atoms with E-state index in [1.54, 1.807) is 19.3 Å². The number of aliphatic imine (C=N–C) groups is 1. The van der Waals surface area contributed by atoms with E-state index >= 15 is 0 Å². The standard InChI is InChI=1S/C9H10N2O2/c1-5-9(12)11-8(10-5)7-3-4-13-6(7)2/h3-5H,1-2H3,(H,10,11,12). The lowest BCUT2D eigenvalue weighted by molar-refractivity contribution is -0.119. The number of rotatable bonds is 1. The van der Waals surface area contributed by atoms with Crippen molar-refractivity contribution in [3.8, 4) is 0 Å². The van der Waals surface area contributed by atoms with Gasteiger partial charge in [0.2, 0.25) is 5.91 Å². The molecule has 13 heavy (non-hydrogen) atoms. The topological polar surface area (TPSA) is 54.6 Å². The Morgan fingerprint density at radius 1 is 1.62 bits per heavy atom. The van der Waals surface area contributed by atoms with Crippen LogP contribution in [-0.4, -0.2) is 17.8 Å². The van der Waals surface area contributed by atoms with Crippen molar-refractivity contribution in [1.29, 1.82) is 0 Å². The van der Waals surface area contributed by atoms with Crippen molar-refractivity contribution in [1.82, 2.24) is 5.32 Å². The maximum absolute atomic E-state index is 11.1. The molecule has 1 atom stereocenters. The van der Waals surface area contributed by atoms with E-state index in [1.807, 2.05) is 6.92 Å². The SMILES string of the molecule is Cc1occc1C1=NC(C)C(=O)N1. The highest BCUT2D eigenvalue weighted by atomic mass is 16.3. The molecule has 0 aromatic carbocycles. The molecule has 1 aromatic rings. The van der Waals surface area contributed by atoms with Crippen LogP contribution in [0.25, 0.3) is 0 Å². The number of amidine groups is 1. The first-order chi connectivity index (χ1) is 6.18. The second-order valence-electron chi connectivity index (χ2n) is 3.03. The number of furan rings is 1. The quantitative estimate of drug-likeness (QED) is 0.693. The minimum absolute atomic E-state index is 0.0596. The van der Waals surface area contributed by atoms with Gasteiger partial charge >= 0.3 is 0 Å². The van der Waals surface area contributed by atoms with Crippen LogP contribution in [0.2, 0.25) is 0 Å². The van der Waals surface area contributed by atoms with E-state index in [0.717, 1.165) is 11.3 Å². The number of nitrogens with zero attached hydrogens (tertiary/aromatic N) is 1. The number of carbonyl (C=O) groups is 1. The summed E-state index contributed by atoms with van der Waals surface area (Å²) >= 11 is 0. The van der Waals surface area contributed by atoms with E-state index in [0.29, 0.717) is 5.84 Å². The summed E-state index contributed by atoms with van der Waals surface area (Å²) in [6.07, 6.45) is 1.59. The molecule has 1 aliphatic heterocycles. The van der Waals surface area contributed by atoms with Crippen LogP contribution >= 0.6 is 0 Å². The Labute approximate surface area is 75.7 Å². The van der Waals surface area contributed by atoms with Gasteiger partial charge in [0.25, 0.3) is 0 Å². The highest BCUT2D eigenvalue weighted by Crippen LogP contribution is 2.12. The molecule has 2 rings (SSSR count). The van der Waals surface area contributed by atoms with Gasteiger partial charge in [0.15, 0.2) is 0 Å². The van der Waals surface area contributed by atoms with Gasteiger partial charge in [0.05, 0.1) is 11.8 Å². The van der Waals surface area contributed by atoms with Gasteiger partial charge in [-0.05, 0) is 19.9 Å². The highest BCUT2D eigenvalue weighted by Gasteiger charge is 2.24. The summed E-state index contributed by atoms with van der Waals surface area (Å²) in [7, 11) is 0. The van der Waals surface area contributed by atoms with Crippen LogP contribution in [0, 0.1) is 6.92 Å². The summed E-state index contributed by atoms with van der Waals surface area (Å²) in [6, 6.07) is 1.51. The van der Waals surface area contributed by atoms with Crippen LogP contribution in [0.4, 0.5) is 0 Å². The molecule has 4 heteroatoms. The Kier molecular flexibility index (Phi) is 1.69. The number of hydrogen-bond donors (Lipinski definition) is 1. The van der Waals surface area contributed by atoms with Crippen LogP contribution in [0.15, 0.2) is 21.7 Å². The molecule has 0 fully saturated rings. The lowest BCUT2D eigenvalue weighted by atomic mass is 10.2. The molecular weight excluding hydrogens is 168 g/mol. The zero-order valence-corrected chi connectivity index (χ0v) is 7.50. The number of aryl methyl sites for hydroxylation is 1. The second kappa shape index (κ2) is 2.73. The molecule has 0 radical (unpaired) electrons. The maximum atomic E-state index is 11.1. The van der Waals surface area contributed by atoms with Gasteiger partial charge in [-0.3, -0.25) is 9.79 Å². The third-order valence-electron chi connectivity index (χ3n) is 2.06. The van der Waals surface area contributed by atoms with Gasteiger partial charge in [-0.1, -0.05) is 0 Å². The average Bonchev–Trinajstić information content (AvgIpc) is 2.60. The number of carbonyl (C=O) groups excluding carboxylic acids is 1. The number of nitrogens with one attached hydrogen (secondary N) is 1. The van der Waals surface area contributed by atoms with Crippen LogP contribution < -0.4 is 5.32 Å². The molecule has 4 nitrogen and oxygen atoms in total. The first-order valence-electron chi connectivity index (χ1n) is 4.11. The summed E-state index contributed by atoms with van der Waals surface area (Å²) in [5, 5.41) is 2.70. The minimum Gasteiger partial charge on any atom is -0.469 e. The van der Waals surface area contributed by atoms with Crippen molar-refractivity contribution in [2.24, 2.45) is 4.99 Å². The van der Waals surface area contributed by atoms with Crippen molar-refractivity contribution in [3.05, 3.63) is 23.7 Å². The normalized spacial score (nSPS) is 21.5. The summed E-state index contributed by atoms with van der Waals surface area (Å²) in [4.78, 5) is 15.3. The molecule has 1 aromatic heterocycles. The molecule has 0 aliphatic carbocycles. The molecule has 1 aliphatic rings. The maximum Gasteiger partial charge on any atom is 0.250 e. The molecule has 1 amide bonds. The molecule has 0 bridgehead atoms. The molecule has 0 spiro atoms. The predicted molar refractivity (Wildman–Crippen MR) is 47.6 cm³/mol. The van der Waals surface area contributed by atoms with Gasteiger partial charge in [-0.15, -0.1) is 0 Å². The van der Waals surface area contributed by atoms with Crippen LogP contribution in [0.1, 0.15) is 18.2 Å². The Balaban J connectivity index is 2.35. The number of amides is 1. The lowest BCUT2D eigenvalue weighted by Gasteiger charge is -1.96. The third kappa shape index (κ3) is 1.24. The molecule has 68 valence electrons. The summed E-state index contributed by atoms with van der Waals surface area (Å²) in [5.41, 5.74) is 0.859. The van der Waals surface area contributed by atoms with Gasteiger partial charge in [-0.25, -0.2) is 0 Å². The van der Waals surface area contributed by atoms with Crippen molar-refractivity contribution in [2.45, 2.75) is 19.9 Å². The Bertz CT molecular complexity index is 379. The first-order valence-corrected chi connectivity index (χ1v) is 4.11. The fraction of sp³-hybridized carbons (Fsp3) is 0.333. The molecule has 1 unspecified atom stereocenters. The van der Waals surface area contributed by atoms with Crippen molar-refractivity contribution < 1.29 is 9.21 Å². The molecule has 1 N–H and O–H groups in total. The highest BCUT2D eigenvalue weighted by molar-refractivity contribution is 6.13. The zero-order chi connectivity index (χ0) is 9.42. The molecule has 2 heterocycles. The van der Waals surface area contributed by atoms with Crippen LogP contribution in [0.3, 0.4) is 0 Å². The van der Waals surface area contributed by atoms with Crippen molar-refractivity contribution in [3.63, 3.8) is 0 Å². The molecular formula is C9H10N2O2. The lowest BCUT2D eigenvalue weighted by Crippen LogP contribution is -2.27. The smallest absolute Gasteiger partial charge is 0.250 e. The Hall–Kier alpha value is -1.58. The fourth-order valence-electron chi connectivity index (χ4n) is 1.27. The zero-order valence-electron chi connectivity index (χ0n) is 7.50. The average molecular weight is 178 g/mol. The van der Waals surface area contributed by atoms with Crippen LogP contribution in [-0.2, 0) is 4.79 Å². The summed E-state index contributed by atoms with van der Waals surface area (Å²) in [6.45, 7) is 3.60. The van der Waals surface area contributed by atoms with Gasteiger partial charge in [-0.2, -0.15) is 0 Å². The number of hydrogen-bond acceptors (Lipinski definition) is 3. The van der Waals surface area contributed by atoms with Gasteiger partial charge in [0, 0.05) is 0 Å². The Morgan fingerprint density at radius 2 is 2.38 bits per heavy atom. The van der Waals surface area contributed by atoms with E-state index in [1.165, 1.54) is 0 Å². The minimum atomic E-state index is -0.288. The summed E-state index contributed by atoms with van der Waals surface area (Å²) in [5.74, 6) is 1.33. The molecule has 0 saturated heterocycles. The van der Waals surface area contributed by atoms with Gasteiger partial charge in [0.1, 0.15) is 17.6 Å². The largest absolute Gasteiger partial charge is 0.469 e. The van der Waals surface area contributed by atoms with Crippen LogP contribution in [0.5, 0.6) is 0 Å². The fourth-order valence-corrected chi connectivity index (χ4v) is 1.27. The molecule has 0 saturated carbocycles. The van der Waals surface area contributed by atoms with E-state index in [9.17, 15) is 4.79 Å². The van der Waals surface area contributed by atoms with E-state index in [4.69, 9.17) is 4.42 Å². The monoisotopic (exact) mass is 178 g/mol.